The fourth-order valence-electron chi connectivity index (χ4n) is 1.74. The number of rotatable bonds is 4. The van der Waals surface area contributed by atoms with Gasteiger partial charge >= 0.3 is 0 Å². The van der Waals surface area contributed by atoms with Crippen LogP contribution in [-0.2, 0) is 16.4 Å². The second kappa shape index (κ2) is 5.72. The van der Waals surface area contributed by atoms with Gasteiger partial charge in [-0.25, -0.2) is 13.4 Å². The quantitative estimate of drug-likeness (QED) is 0.935. The number of hydrogen-bond acceptors (Lipinski definition) is 4. The monoisotopic (exact) mass is 287 g/mol. The Kier molecular flexibility index (Phi) is 4.01. The third kappa shape index (κ3) is 2.95. The van der Waals surface area contributed by atoms with Gasteiger partial charge in [0.15, 0.2) is 0 Å². The number of nitriles is 1. The fourth-order valence-corrected chi connectivity index (χ4v) is 2.78. The van der Waals surface area contributed by atoms with E-state index in [0.29, 0.717) is 5.69 Å². The first-order chi connectivity index (χ1) is 9.56. The summed E-state index contributed by atoms with van der Waals surface area (Å²) in [6.45, 7) is 1.95. The van der Waals surface area contributed by atoms with Crippen molar-refractivity contribution in [3.05, 3.63) is 53.9 Å². The number of benzene rings is 1. The van der Waals surface area contributed by atoms with Crippen LogP contribution in [0.4, 0.5) is 5.69 Å². The van der Waals surface area contributed by atoms with E-state index in [0.717, 1.165) is 12.0 Å². The van der Waals surface area contributed by atoms with Crippen LogP contribution in [0.2, 0.25) is 0 Å². The van der Waals surface area contributed by atoms with Crippen molar-refractivity contribution in [2.45, 2.75) is 18.2 Å². The van der Waals surface area contributed by atoms with Crippen LogP contribution in [0.25, 0.3) is 0 Å². The summed E-state index contributed by atoms with van der Waals surface area (Å²) in [5.41, 5.74) is 1.65. The van der Waals surface area contributed by atoms with E-state index in [9.17, 15) is 8.42 Å². The summed E-state index contributed by atoms with van der Waals surface area (Å²) in [5, 5.41) is 8.66. The molecule has 0 saturated heterocycles. The van der Waals surface area contributed by atoms with E-state index in [2.05, 4.69) is 9.71 Å². The first-order valence-electron chi connectivity index (χ1n) is 6.03. The predicted molar refractivity (Wildman–Crippen MR) is 75.6 cm³/mol. The number of anilines is 1. The molecule has 102 valence electrons. The zero-order valence-electron chi connectivity index (χ0n) is 10.9. The van der Waals surface area contributed by atoms with E-state index in [4.69, 9.17) is 5.26 Å². The highest BCUT2D eigenvalue weighted by molar-refractivity contribution is 7.92. The highest BCUT2D eigenvalue weighted by Gasteiger charge is 2.15. The molecule has 20 heavy (non-hydrogen) atoms. The number of nitrogens with zero attached hydrogens (tertiary/aromatic N) is 2. The lowest BCUT2D eigenvalue weighted by molar-refractivity contribution is 0.600. The van der Waals surface area contributed by atoms with Gasteiger partial charge in [0.2, 0.25) is 0 Å². The molecule has 6 heteroatoms. The van der Waals surface area contributed by atoms with Crippen LogP contribution in [0.15, 0.2) is 47.5 Å². The smallest absolute Gasteiger partial charge is 0.263 e. The second-order valence-corrected chi connectivity index (χ2v) is 5.79. The Bertz CT molecular complexity index is 747. The normalized spacial score (nSPS) is 10.8. The van der Waals surface area contributed by atoms with Crippen molar-refractivity contribution < 1.29 is 8.42 Å². The zero-order valence-corrected chi connectivity index (χ0v) is 11.7. The topological polar surface area (TPSA) is 82.9 Å². The maximum absolute atomic E-state index is 12.2. The minimum atomic E-state index is -3.69. The third-order valence-corrected chi connectivity index (χ3v) is 4.15. The molecule has 0 amide bonds. The molecular weight excluding hydrogens is 274 g/mol. The van der Waals surface area contributed by atoms with Gasteiger partial charge < -0.3 is 0 Å². The molecule has 2 aromatic rings. The Morgan fingerprint density at radius 3 is 2.60 bits per heavy atom. The molecular formula is C14H13N3O2S. The predicted octanol–water partition coefficient (Wildman–Crippen LogP) is 2.32. The van der Waals surface area contributed by atoms with Gasteiger partial charge in [0.05, 0.1) is 5.69 Å². The average molecular weight is 287 g/mol. The number of aromatic nitrogens is 1. The molecule has 0 unspecified atom stereocenters. The maximum atomic E-state index is 12.2. The first-order valence-corrected chi connectivity index (χ1v) is 7.52. The minimum Gasteiger partial charge on any atom is -0.279 e. The molecule has 0 aliphatic rings. The number of nitrogens with one attached hydrogen (secondary N) is 1. The van der Waals surface area contributed by atoms with Crippen molar-refractivity contribution in [3.8, 4) is 6.07 Å². The molecule has 1 heterocycles. The Labute approximate surface area is 118 Å². The van der Waals surface area contributed by atoms with E-state index in [1.54, 1.807) is 12.1 Å². The second-order valence-electron chi connectivity index (χ2n) is 4.11. The molecule has 0 atom stereocenters. The zero-order chi connectivity index (χ0) is 14.6. The SMILES string of the molecule is CCc1ccccc1NS(=O)(=O)c1ccc(C#N)nc1. The van der Waals surface area contributed by atoms with E-state index < -0.39 is 10.0 Å². The van der Waals surface area contributed by atoms with Gasteiger partial charge in [-0.2, -0.15) is 5.26 Å². The van der Waals surface area contributed by atoms with Crippen molar-refractivity contribution in [1.82, 2.24) is 4.98 Å². The van der Waals surface area contributed by atoms with Crippen LogP contribution < -0.4 is 4.72 Å². The molecule has 1 N–H and O–H groups in total. The molecule has 0 saturated carbocycles. The van der Waals surface area contributed by atoms with Crippen molar-refractivity contribution in [1.29, 1.82) is 5.26 Å². The fraction of sp³-hybridized carbons (Fsp3) is 0.143. The van der Waals surface area contributed by atoms with Crippen LogP contribution in [0, 0.1) is 11.3 Å². The van der Waals surface area contributed by atoms with Gasteiger partial charge in [-0.3, -0.25) is 4.72 Å². The molecule has 0 spiro atoms. The third-order valence-electron chi connectivity index (χ3n) is 2.80. The first kappa shape index (κ1) is 14.0. The van der Waals surface area contributed by atoms with Gasteiger partial charge in [0, 0.05) is 6.20 Å². The largest absolute Gasteiger partial charge is 0.279 e. The summed E-state index contributed by atoms with van der Waals surface area (Å²) in [6.07, 6.45) is 1.90. The maximum Gasteiger partial charge on any atom is 0.263 e. The summed E-state index contributed by atoms with van der Waals surface area (Å²) in [6, 6.07) is 11.8. The van der Waals surface area contributed by atoms with E-state index >= 15 is 0 Å². The van der Waals surface area contributed by atoms with Crippen molar-refractivity contribution in [2.75, 3.05) is 4.72 Å². The molecule has 0 aliphatic heterocycles. The summed E-state index contributed by atoms with van der Waals surface area (Å²) in [7, 11) is -3.69. The Hall–Kier alpha value is -2.39. The summed E-state index contributed by atoms with van der Waals surface area (Å²) < 4.78 is 27.0. The molecule has 1 aromatic heterocycles. The number of aryl methyl sites for hydroxylation is 1. The minimum absolute atomic E-state index is 0.0300. The van der Waals surface area contributed by atoms with E-state index in [-0.39, 0.29) is 10.6 Å². The van der Waals surface area contributed by atoms with Crippen LogP contribution in [0.1, 0.15) is 18.2 Å². The van der Waals surface area contributed by atoms with Crippen molar-refractivity contribution >= 4 is 15.7 Å². The number of sulfonamides is 1. The standard InChI is InChI=1S/C14H13N3O2S/c1-2-11-5-3-4-6-14(11)17-20(18,19)13-8-7-12(9-15)16-10-13/h3-8,10,17H,2H2,1H3. The summed E-state index contributed by atoms with van der Waals surface area (Å²) >= 11 is 0. The van der Waals surface area contributed by atoms with Gasteiger partial charge in [0.1, 0.15) is 16.7 Å². The highest BCUT2D eigenvalue weighted by atomic mass is 32.2. The molecule has 5 nitrogen and oxygen atoms in total. The van der Waals surface area contributed by atoms with Crippen molar-refractivity contribution in [3.63, 3.8) is 0 Å². The van der Waals surface area contributed by atoms with Crippen LogP contribution in [-0.4, -0.2) is 13.4 Å². The van der Waals surface area contributed by atoms with Gasteiger partial charge in [-0.05, 0) is 30.2 Å². The van der Waals surface area contributed by atoms with Gasteiger partial charge in [0.25, 0.3) is 10.0 Å². The molecule has 2 rings (SSSR count). The van der Waals surface area contributed by atoms with Crippen LogP contribution >= 0.6 is 0 Å². The van der Waals surface area contributed by atoms with E-state index in [1.807, 2.05) is 25.1 Å². The summed E-state index contributed by atoms with van der Waals surface area (Å²) in [4.78, 5) is 3.80. The molecule has 0 radical (unpaired) electrons. The average Bonchev–Trinajstić information content (AvgIpc) is 2.47. The molecule has 0 bridgehead atoms. The molecule has 1 aromatic carbocycles. The lowest BCUT2D eigenvalue weighted by Crippen LogP contribution is -2.14. The Morgan fingerprint density at radius 1 is 1.25 bits per heavy atom. The molecule has 0 fully saturated rings. The summed E-state index contributed by atoms with van der Waals surface area (Å²) in [5.74, 6) is 0. The lowest BCUT2D eigenvalue weighted by atomic mass is 10.1. The van der Waals surface area contributed by atoms with Crippen LogP contribution in [0.3, 0.4) is 0 Å². The van der Waals surface area contributed by atoms with Crippen LogP contribution in [0.5, 0.6) is 0 Å². The van der Waals surface area contributed by atoms with E-state index in [1.165, 1.54) is 18.3 Å². The number of hydrogen-bond donors (Lipinski definition) is 1. The Morgan fingerprint density at radius 2 is 2.00 bits per heavy atom. The van der Waals surface area contributed by atoms with Gasteiger partial charge in [-0.1, -0.05) is 25.1 Å². The van der Waals surface area contributed by atoms with Gasteiger partial charge in [-0.15, -0.1) is 0 Å². The number of para-hydroxylation sites is 1. The highest BCUT2D eigenvalue weighted by Crippen LogP contribution is 2.20. The van der Waals surface area contributed by atoms with Crippen molar-refractivity contribution in [2.24, 2.45) is 0 Å². The Balaban J connectivity index is 2.33. The lowest BCUT2D eigenvalue weighted by Gasteiger charge is -2.11. The number of pyridine rings is 1. The molecule has 0 aliphatic carbocycles.